The summed E-state index contributed by atoms with van der Waals surface area (Å²) < 4.78 is 1.72. The molecule has 1 amide bonds. The van der Waals surface area contributed by atoms with Gasteiger partial charge in [-0.05, 0) is 30.7 Å². The Balaban J connectivity index is 2.12. The molecule has 5 nitrogen and oxygen atoms in total. The first-order valence-electron chi connectivity index (χ1n) is 6.06. The lowest BCUT2D eigenvalue weighted by Gasteiger charge is -2.16. The minimum Gasteiger partial charge on any atom is -0.399 e. The maximum Gasteiger partial charge on any atom is 0.253 e. The number of hydrogen-bond acceptors (Lipinski definition) is 3. The van der Waals surface area contributed by atoms with E-state index in [0.717, 1.165) is 11.1 Å². The van der Waals surface area contributed by atoms with Crippen molar-refractivity contribution in [2.75, 3.05) is 12.8 Å². The van der Waals surface area contributed by atoms with Crippen LogP contribution in [0.5, 0.6) is 0 Å². The molecule has 0 unspecified atom stereocenters. The van der Waals surface area contributed by atoms with Gasteiger partial charge in [0.25, 0.3) is 5.91 Å². The van der Waals surface area contributed by atoms with E-state index < -0.39 is 0 Å². The first-order valence-corrected chi connectivity index (χ1v) is 6.06. The average Bonchev–Trinajstić information content (AvgIpc) is 2.77. The zero-order valence-electron chi connectivity index (χ0n) is 11.4. The summed E-state index contributed by atoms with van der Waals surface area (Å²) in [6.07, 6.45) is 3.66. The van der Waals surface area contributed by atoms with E-state index in [1.54, 1.807) is 35.0 Å². The monoisotopic (exact) mass is 258 g/mol. The van der Waals surface area contributed by atoms with Crippen LogP contribution in [0.25, 0.3) is 0 Å². The van der Waals surface area contributed by atoms with E-state index in [-0.39, 0.29) is 5.91 Å². The van der Waals surface area contributed by atoms with Crippen LogP contribution in [0.1, 0.15) is 21.5 Å². The summed E-state index contributed by atoms with van der Waals surface area (Å²) in [6, 6.07) is 5.34. The van der Waals surface area contributed by atoms with Crippen LogP contribution in [0.3, 0.4) is 0 Å². The second kappa shape index (κ2) is 5.14. The lowest BCUT2D eigenvalue weighted by Crippen LogP contribution is -2.26. The molecule has 0 fully saturated rings. The predicted molar refractivity (Wildman–Crippen MR) is 74.6 cm³/mol. The molecule has 0 saturated carbocycles. The summed E-state index contributed by atoms with van der Waals surface area (Å²) in [5.74, 6) is -0.0213. The third-order valence-corrected chi connectivity index (χ3v) is 3.04. The van der Waals surface area contributed by atoms with Crippen LogP contribution < -0.4 is 5.73 Å². The van der Waals surface area contributed by atoms with Crippen LogP contribution in [0.4, 0.5) is 5.69 Å². The van der Waals surface area contributed by atoms with Crippen LogP contribution in [-0.2, 0) is 13.6 Å². The Morgan fingerprint density at radius 3 is 2.79 bits per heavy atom. The standard InChI is InChI=1S/C14H18N4O/c1-10-6-12(4-5-13(10)15)14(19)17(2)8-11-7-16-18(3)9-11/h4-7,9H,8,15H2,1-3H3. The number of amides is 1. The number of hydrogen-bond donors (Lipinski definition) is 1. The van der Waals surface area contributed by atoms with Gasteiger partial charge in [0.2, 0.25) is 0 Å². The zero-order chi connectivity index (χ0) is 14.0. The predicted octanol–water partition coefficient (Wildman–Crippen LogP) is 1.58. The number of benzene rings is 1. The molecule has 0 aliphatic heterocycles. The molecular weight excluding hydrogens is 240 g/mol. The van der Waals surface area contributed by atoms with Crippen LogP contribution in [0, 0.1) is 6.92 Å². The number of carbonyl (C=O) groups is 1. The van der Waals surface area contributed by atoms with E-state index in [9.17, 15) is 4.79 Å². The van der Waals surface area contributed by atoms with Crippen molar-refractivity contribution in [2.45, 2.75) is 13.5 Å². The summed E-state index contributed by atoms with van der Waals surface area (Å²) >= 11 is 0. The van der Waals surface area contributed by atoms with Crippen molar-refractivity contribution in [3.05, 3.63) is 47.3 Å². The van der Waals surface area contributed by atoms with Crippen LogP contribution >= 0.6 is 0 Å². The van der Waals surface area contributed by atoms with Gasteiger partial charge in [-0.3, -0.25) is 9.48 Å². The van der Waals surface area contributed by atoms with Crippen molar-refractivity contribution in [2.24, 2.45) is 7.05 Å². The highest BCUT2D eigenvalue weighted by Gasteiger charge is 2.13. The third kappa shape index (κ3) is 2.93. The van der Waals surface area contributed by atoms with Gasteiger partial charge in [-0.2, -0.15) is 5.10 Å². The molecule has 0 spiro atoms. The Morgan fingerprint density at radius 2 is 2.21 bits per heavy atom. The van der Waals surface area contributed by atoms with Crippen molar-refractivity contribution in [3.63, 3.8) is 0 Å². The summed E-state index contributed by atoms with van der Waals surface area (Å²) in [5, 5.41) is 4.09. The first kappa shape index (κ1) is 13.1. The Hall–Kier alpha value is -2.30. The Morgan fingerprint density at radius 1 is 1.47 bits per heavy atom. The van der Waals surface area contributed by atoms with E-state index in [0.29, 0.717) is 17.8 Å². The number of anilines is 1. The zero-order valence-corrected chi connectivity index (χ0v) is 11.4. The lowest BCUT2D eigenvalue weighted by atomic mass is 10.1. The van der Waals surface area contributed by atoms with Crippen molar-refractivity contribution in [3.8, 4) is 0 Å². The molecule has 19 heavy (non-hydrogen) atoms. The summed E-state index contributed by atoms with van der Waals surface area (Å²) in [5.41, 5.74) is 9.03. The molecule has 0 aliphatic carbocycles. The van der Waals surface area contributed by atoms with E-state index >= 15 is 0 Å². The third-order valence-electron chi connectivity index (χ3n) is 3.04. The smallest absolute Gasteiger partial charge is 0.253 e. The molecule has 100 valence electrons. The molecule has 2 aromatic rings. The van der Waals surface area contributed by atoms with E-state index in [4.69, 9.17) is 5.73 Å². The fraction of sp³-hybridized carbons (Fsp3) is 0.286. The number of rotatable bonds is 3. The number of aryl methyl sites for hydroxylation is 2. The highest BCUT2D eigenvalue weighted by molar-refractivity contribution is 5.94. The average molecular weight is 258 g/mol. The van der Waals surface area contributed by atoms with Gasteiger partial charge in [-0.25, -0.2) is 0 Å². The van der Waals surface area contributed by atoms with Crippen molar-refractivity contribution in [1.82, 2.24) is 14.7 Å². The second-order valence-electron chi connectivity index (χ2n) is 4.75. The number of nitrogens with zero attached hydrogens (tertiary/aromatic N) is 3. The molecule has 1 heterocycles. The topological polar surface area (TPSA) is 64.2 Å². The van der Waals surface area contributed by atoms with Crippen molar-refractivity contribution >= 4 is 11.6 Å². The molecule has 0 saturated heterocycles. The van der Waals surface area contributed by atoms with Gasteiger partial charge >= 0.3 is 0 Å². The molecule has 5 heteroatoms. The normalized spacial score (nSPS) is 10.5. The maximum absolute atomic E-state index is 12.3. The number of nitrogens with two attached hydrogens (primary N) is 1. The Kier molecular flexibility index (Phi) is 3.55. The largest absolute Gasteiger partial charge is 0.399 e. The molecule has 1 aromatic carbocycles. The quantitative estimate of drug-likeness (QED) is 0.850. The summed E-state index contributed by atoms with van der Waals surface area (Å²) in [4.78, 5) is 13.9. The van der Waals surface area contributed by atoms with Gasteiger partial charge < -0.3 is 10.6 Å². The van der Waals surface area contributed by atoms with Gasteiger partial charge in [-0.1, -0.05) is 0 Å². The molecule has 0 atom stereocenters. The molecule has 0 aliphatic rings. The molecular formula is C14H18N4O. The minimum absolute atomic E-state index is 0.0213. The van der Waals surface area contributed by atoms with Gasteiger partial charge in [-0.15, -0.1) is 0 Å². The highest BCUT2D eigenvalue weighted by atomic mass is 16.2. The lowest BCUT2D eigenvalue weighted by molar-refractivity contribution is 0.0785. The number of aromatic nitrogens is 2. The molecule has 0 bridgehead atoms. The second-order valence-corrected chi connectivity index (χ2v) is 4.75. The van der Waals surface area contributed by atoms with Crippen LogP contribution in [0.2, 0.25) is 0 Å². The Bertz CT molecular complexity index is 603. The minimum atomic E-state index is -0.0213. The van der Waals surface area contributed by atoms with Crippen LogP contribution in [-0.4, -0.2) is 27.6 Å². The van der Waals surface area contributed by atoms with Gasteiger partial charge in [0.1, 0.15) is 0 Å². The fourth-order valence-corrected chi connectivity index (χ4v) is 1.93. The highest BCUT2D eigenvalue weighted by Crippen LogP contribution is 2.15. The summed E-state index contributed by atoms with van der Waals surface area (Å²) in [7, 11) is 3.63. The molecule has 1 aromatic heterocycles. The van der Waals surface area contributed by atoms with Gasteiger partial charge in [0.05, 0.1) is 6.20 Å². The van der Waals surface area contributed by atoms with E-state index in [2.05, 4.69) is 5.10 Å². The van der Waals surface area contributed by atoms with Crippen LogP contribution in [0.15, 0.2) is 30.6 Å². The first-order chi connectivity index (χ1) is 8.97. The van der Waals surface area contributed by atoms with Gasteiger partial charge in [0, 0.05) is 43.7 Å². The molecule has 2 N–H and O–H groups in total. The maximum atomic E-state index is 12.3. The van der Waals surface area contributed by atoms with Crippen molar-refractivity contribution in [1.29, 1.82) is 0 Å². The Labute approximate surface area is 112 Å². The van der Waals surface area contributed by atoms with Gasteiger partial charge in [0.15, 0.2) is 0 Å². The molecule has 0 radical (unpaired) electrons. The molecule has 2 rings (SSSR count). The number of carbonyl (C=O) groups excluding carboxylic acids is 1. The fourth-order valence-electron chi connectivity index (χ4n) is 1.93. The number of nitrogen functional groups attached to an aromatic ring is 1. The summed E-state index contributed by atoms with van der Waals surface area (Å²) in [6.45, 7) is 2.43. The SMILES string of the molecule is Cc1cc(C(=O)N(C)Cc2cnn(C)c2)ccc1N. The van der Waals surface area contributed by atoms with Crippen molar-refractivity contribution < 1.29 is 4.79 Å². The van der Waals surface area contributed by atoms with E-state index in [1.165, 1.54) is 0 Å². The van der Waals surface area contributed by atoms with E-state index in [1.807, 2.05) is 26.2 Å².